The third kappa shape index (κ3) is 7.82. The Morgan fingerprint density at radius 3 is 2.27 bits per heavy atom. The number of sulfonamides is 1. The minimum atomic E-state index is -3.96. The number of hydrogen-bond donors (Lipinski definition) is 1. The first-order valence-electron chi connectivity index (χ1n) is 12.3. The van der Waals surface area contributed by atoms with Crippen molar-refractivity contribution in [3.63, 3.8) is 0 Å². The van der Waals surface area contributed by atoms with Gasteiger partial charge in [-0.25, -0.2) is 12.8 Å². The fourth-order valence-electron chi connectivity index (χ4n) is 4.56. The lowest BCUT2D eigenvalue weighted by atomic mass is 9.95. The molecule has 1 atom stereocenters. The van der Waals surface area contributed by atoms with E-state index in [1.165, 1.54) is 23.1 Å². The van der Waals surface area contributed by atoms with Crippen LogP contribution in [0.15, 0.2) is 42.5 Å². The molecule has 1 aliphatic rings. The van der Waals surface area contributed by atoms with E-state index in [1.807, 2.05) is 0 Å². The van der Waals surface area contributed by atoms with Gasteiger partial charge in [-0.1, -0.05) is 61.5 Å². The number of nitrogens with one attached hydrogen (secondary N) is 1. The molecule has 1 N–H and O–H groups in total. The molecule has 0 aromatic heterocycles. The van der Waals surface area contributed by atoms with Crippen LogP contribution < -0.4 is 9.62 Å². The molecule has 11 heteroatoms. The summed E-state index contributed by atoms with van der Waals surface area (Å²) in [6, 6.07) is 9.04. The minimum Gasteiger partial charge on any atom is -0.352 e. The highest BCUT2D eigenvalue weighted by Gasteiger charge is 2.33. The van der Waals surface area contributed by atoms with E-state index in [1.54, 1.807) is 25.1 Å². The van der Waals surface area contributed by atoms with Gasteiger partial charge in [0.1, 0.15) is 18.4 Å². The van der Waals surface area contributed by atoms with E-state index >= 15 is 0 Å². The lowest BCUT2D eigenvalue weighted by molar-refractivity contribution is -0.140. The number of halogens is 3. The summed E-state index contributed by atoms with van der Waals surface area (Å²) in [4.78, 5) is 28.4. The Labute approximate surface area is 228 Å². The van der Waals surface area contributed by atoms with Crippen molar-refractivity contribution in [2.75, 3.05) is 17.1 Å². The van der Waals surface area contributed by atoms with Crippen molar-refractivity contribution >= 4 is 50.7 Å². The molecule has 2 amide bonds. The summed E-state index contributed by atoms with van der Waals surface area (Å²) in [5.41, 5.74) is 0.450. The fraction of sp³-hybridized carbons (Fsp3) is 0.462. The first kappa shape index (κ1) is 29.2. The van der Waals surface area contributed by atoms with Crippen LogP contribution >= 0.6 is 23.2 Å². The summed E-state index contributed by atoms with van der Waals surface area (Å²) in [5.74, 6) is -1.60. The molecule has 202 valence electrons. The standard InChI is InChI=1S/C26H32Cl2FN3O4S/c1-3-24(26(34)30-19-10-5-4-6-11-19)31(16-21-22(27)13-8-14-23(21)28)25(33)17-32(37(2,35)36)20-12-7-9-18(29)15-20/h7-9,12-15,19,24H,3-6,10-11,16-17H2,1-2H3,(H,30,34). The van der Waals surface area contributed by atoms with Crippen molar-refractivity contribution in [1.82, 2.24) is 10.2 Å². The SMILES string of the molecule is CCC(C(=O)NC1CCCCC1)N(Cc1c(Cl)cccc1Cl)C(=O)CN(c1cccc(F)c1)S(C)(=O)=O. The molecular weight excluding hydrogens is 540 g/mol. The fourth-order valence-corrected chi connectivity index (χ4v) is 5.92. The molecule has 2 aromatic carbocycles. The molecule has 1 unspecified atom stereocenters. The van der Waals surface area contributed by atoms with Gasteiger partial charge in [0.2, 0.25) is 21.8 Å². The van der Waals surface area contributed by atoms with Crippen LogP contribution in [0.4, 0.5) is 10.1 Å². The zero-order chi connectivity index (χ0) is 27.2. The summed E-state index contributed by atoms with van der Waals surface area (Å²) < 4.78 is 40.0. The zero-order valence-electron chi connectivity index (χ0n) is 20.9. The lowest BCUT2D eigenvalue weighted by Crippen LogP contribution is -2.54. The van der Waals surface area contributed by atoms with Crippen molar-refractivity contribution < 1.29 is 22.4 Å². The highest BCUT2D eigenvalue weighted by molar-refractivity contribution is 7.92. The van der Waals surface area contributed by atoms with Crippen molar-refractivity contribution in [3.8, 4) is 0 Å². The van der Waals surface area contributed by atoms with Crippen molar-refractivity contribution in [3.05, 3.63) is 63.9 Å². The summed E-state index contributed by atoms with van der Waals surface area (Å²) in [6.45, 7) is 1.05. The van der Waals surface area contributed by atoms with Crippen LogP contribution in [0.5, 0.6) is 0 Å². The summed E-state index contributed by atoms with van der Waals surface area (Å²) >= 11 is 12.8. The lowest BCUT2D eigenvalue weighted by Gasteiger charge is -2.34. The molecule has 1 fully saturated rings. The van der Waals surface area contributed by atoms with Crippen LogP contribution in [-0.2, 0) is 26.2 Å². The molecule has 2 aromatic rings. The number of rotatable bonds is 10. The molecule has 1 saturated carbocycles. The third-order valence-corrected chi connectivity index (χ3v) is 8.35. The van der Waals surface area contributed by atoms with Crippen LogP contribution in [-0.4, -0.2) is 50.0 Å². The smallest absolute Gasteiger partial charge is 0.244 e. The second kappa shape index (κ2) is 12.9. The molecule has 3 rings (SSSR count). The molecule has 0 bridgehead atoms. The Kier molecular flexibility index (Phi) is 10.2. The molecule has 0 spiro atoms. The van der Waals surface area contributed by atoms with Gasteiger partial charge < -0.3 is 10.2 Å². The van der Waals surface area contributed by atoms with Crippen LogP contribution in [0.1, 0.15) is 51.0 Å². The summed E-state index contributed by atoms with van der Waals surface area (Å²) in [5, 5.41) is 3.70. The Morgan fingerprint density at radius 2 is 1.70 bits per heavy atom. The van der Waals surface area contributed by atoms with E-state index in [9.17, 15) is 22.4 Å². The molecule has 0 aliphatic heterocycles. The number of amides is 2. The monoisotopic (exact) mass is 571 g/mol. The van der Waals surface area contributed by atoms with Gasteiger partial charge in [-0.3, -0.25) is 13.9 Å². The minimum absolute atomic E-state index is 0.00582. The van der Waals surface area contributed by atoms with Crippen LogP contribution in [0, 0.1) is 5.82 Å². The topological polar surface area (TPSA) is 86.8 Å². The molecular formula is C26H32Cl2FN3O4S. The highest BCUT2D eigenvalue weighted by atomic mass is 35.5. The van der Waals surface area contributed by atoms with Gasteiger partial charge in [0.05, 0.1) is 11.9 Å². The Bertz CT molecular complexity index is 1200. The van der Waals surface area contributed by atoms with Crippen LogP contribution in [0.2, 0.25) is 10.0 Å². The van der Waals surface area contributed by atoms with E-state index in [4.69, 9.17) is 23.2 Å². The third-order valence-electron chi connectivity index (χ3n) is 6.50. The predicted molar refractivity (Wildman–Crippen MR) is 145 cm³/mol. The number of benzene rings is 2. The maximum absolute atomic E-state index is 13.9. The van der Waals surface area contributed by atoms with Gasteiger partial charge in [-0.15, -0.1) is 0 Å². The summed E-state index contributed by atoms with van der Waals surface area (Å²) in [7, 11) is -3.96. The Hall–Kier alpha value is -2.36. The van der Waals surface area contributed by atoms with Crippen LogP contribution in [0.3, 0.4) is 0 Å². The molecule has 0 heterocycles. The van der Waals surface area contributed by atoms with Crippen molar-refractivity contribution in [2.24, 2.45) is 0 Å². The van der Waals surface area contributed by atoms with Gasteiger partial charge in [-0.05, 0) is 49.6 Å². The van der Waals surface area contributed by atoms with E-state index in [2.05, 4.69) is 5.32 Å². The highest BCUT2D eigenvalue weighted by Crippen LogP contribution is 2.28. The molecule has 0 saturated heterocycles. The van der Waals surface area contributed by atoms with E-state index in [0.717, 1.165) is 48.7 Å². The van der Waals surface area contributed by atoms with E-state index < -0.39 is 34.3 Å². The zero-order valence-corrected chi connectivity index (χ0v) is 23.3. The van der Waals surface area contributed by atoms with Crippen molar-refractivity contribution in [2.45, 2.75) is 64.1 Å². The van der Waals surface area contributed by atoms with Gasteiger partial charge in [-0.2, -0.15) is 0 Å². The molecule has 37 heavy (non-hydrogen) atoms. The van der Waals surface area contributed by atoms with Crippen molar-refractivity contribution in [1.29, 1.82) is 0 Å². The second-order valence-corrected chi connectivity index (χ2v) is 12.0. The Balaban J connectivity index is 1.96. The van der Waals surface area contributed by atoms with E-state index in [0.29, 0.717) is 15.6 Å². The number of carbonyl (C=O) groups is 2. The van der Waals surface area contributed by atoms with Gasteiger partial charge in [0.15, 0.2) is 0 Å². The summed E-state index contributed by atoms with van der Waals surface area (Å²) in [6.07, 6.45) is 6.13. The second-order valence-electron chi connectivity index (χ2n) is 9.24. The normalized spacial score (nSPS) is 15.2. The van der Waals surface area contributed by atoms with Gasteiger partial charge in [0.25, 0.3) is 0 Å². The van der Waals surface area contributed by atoms with Gasteiger partial charge in [0, 0.05) is 28.2 Å². The van der Waals surface area contributed by atoms with Crippen LogP contribution in [0.25, 0.3) is 0 Å². The van der Waals surface area contributed by atoms with Gasteiger partial charge >= 0.3 is 0 Å². The molecule has 0 radical (unpaired) electrons. The van der Waals surface area contributed by atoms with E-state index in [-0.39, 0.29) is 30.6 Å². The number of anilines is 1. The first-order chi connectivity index (χ1) is 17.5. The molecule has 1 aliphatic carbocycles. The number of nitrogens with zero attached hydrogens (tertiary/aromatic N) is 2. The average Bonchev–Trinajstić information content (AvgIpc) is 2.84. The quantitative estimate of drug-likeness (QED) is 0.427. The first-order valence-corrected chi connectivity index (χ1v) is 14.9. The maximum atomic E-state index is 13.9. The largest absolute Gasteiger partial charge is 0.352 e. The number of carbonyl (C=O) groups excluding carboxylic acids is 2. The molecule has 7 nitrogen and oxygen atoms in total. The predicted octanol–water partition coefficient (Wildman–Crippen LogP) is 5.15. The average molecular weight is 573 g/mol. The Morgan fingerprint density at radius 1 is 1.08 bits per heavy atom. The number of hydrogen-bond acceptors (Lipinski definition) is 4. The maximum Gasteiger partial charge on any atom is 0.244 e.